The van der Waals surface area contributed by atoms with Crippen LogP contribution in [0.1, 0.15) is 18.3 Å². The lowest BCUT2D eigenvalue weighted by Crippen LogP contribution is -2.26. The molecule has 1 aromatic rings. The van der Waals surface area contributed by atoms with Gasteiger partial charge in [-0.15, -0.1) is 0 Å². The maximum atomic E-state index is 10.4. The summed E-state index contributed by atoms with van der Waals surface area (Å²) in [6, 6.07) is 0. The number of nitrogens with zero attached hydrogens (tertiary/aromatic N) is 1. The van der Waals surface area contributed by atoms with Gasteiger partial charge in [-0.3, -0.25) is 4.79 Å². The molecule has 2 atom stereocenters. The maximum absolute atomic E-state index is 10.4. The summed E-state index contributed by atoms with van der Waals surface area (Å²) < 4.78 is 0. The van der Waals surface area contributed by atoms with Crippen LogP contribution in [-0.4, -0.2) is 32.2 Å². The lowest BCUT2D eigenvalue weighted by atomic mass is 10.1. The van der Waals surface area contributed by atoms with Crippen molar-refractivity contribution in [2.24, 2.45) is 5.73 Å². The zero-order chi connectivity index (χ0) is 9.84. The van der Waals surface area contributed by atoms with Crippen LogP contribution in [0, 0.1) is 0 Å². The van der Waals surface area contributed by atoms with Crippen molar-refractivity contribution in [1.29, 1.82) is 0 Å². The molecule has 1 amide bonds. The van der Waals surface area contributed by atoms with Crippen molar-refractivity contribution < 1.29 is 15.0 Å². The van der Waals surface area contributed by atoms with Gasteiger partial charge in [-0.1, -0.05) is 0 Å². The second kappa shape index (κ2) is 4.01. The number of nitrogens with two attached hydrogens (primary N) is 1. The van der Waals surface area contributed by atoms with E-state index in [1.165, 1.54) is 12.4 Å². The van der Waals surface area contributed by atoms with Crippen LogP contribution in [0.25, 0.3) is 0 Å². The number of aromatic nitrogens is 2. The monoisotopic (exact) mass is 185 g/mol. The smallest absolute Gasteiger partial charge is 0.220 e. The van der Waals surface area contributed by atoms with Gasteiger partial charge in [-0.05, 0) is 0 Å². The van der Waals surface area contributed by atoms with E-state index in [0.29, 0.717) is 0 Å². The van der Waals surface area contributed by atoms with E-state index in [1.54, 1.807) is 0 Å². The van der Waals surface area contributed by atoms with E-state index < -0.39 is 18.1 Å². The first-order valence-electron chi connectivity index (χ1n) is 3.75. The third-order valence-electron chi connectivity index (χ3n) is 1.57. The third-order valence-corrected chi connectivity index (χ3v) is 1.57. The molecule has 1 heterocycles. The van der Waals surface area contributed by atoms with Gasteiger partial charge in [0, 0.05) is 12.4 Å². The first kappa shape index (κ1) is 9.69. The van der Waals surface area contributed by atoms with Gasteiger partial charge in [0.25, 0.3) is 0 Å². The number of primary amides is 1. The number of rotatable bonds is 4. The maximum Gasteiger partial charge on any atom is 0.220 e. The molecule has 1 rings (SSSR count). The Balaban J connectivity index is 2.57. The number of nitrogens with one attached hydrogen (secondary N) is 1. The number of amides is 1. The van der Waals surface area contributed by atoms with Crippen LogP contribution in [0.15, 0.2) is 12.4 Å². The van der Waals surface area contributed by atoms with E-state index in [4.69, 9.17) is 5.73 Å². The van der Waals surface area contributed by atoms with Crippen LogP contribution < -0.4 is 5.73 Å². The van der Waals surface area contributed by atoms with E-state index in [0.717, 1.165) is 0 Å². The van der Waals surface area contributed by atoms with Crippen molar-refractivity contribution >= 4 is 5.91 Å². The molecule has 13 heavy (non-hydrogen) atoms. The average Bonchev–Trinajstić information content (AvgIpc) is 2.53. The minimum atomic E-state index is -1.22. The molecule has 0 saturated carbocycles. The standard InChI is InChI=1S/C7H11N3O3/c8-5(12)3-4(11)6(13)7-9-1-2-10-7/h1-2,4,6,11,13H,3H2,(H2,8,12)(H,9,10). The summed E-state index contributed by atoms with van der Waals surface area (Å²) in [5.74, 6) is -0.452. The van der Waals surface area contributed by atoms with Crippen molar-refractivity contribution in [2.45, 2.75) is 18.6 Å². The van der Waals surface area contributed by atoms with Crippen LogP contribution >= 0.6 is 0 Å². The van der Waals surface area contributed by atoms with E-state index in [9.17, 15) is 15.0 Å². The fraction of sp³-hybridized carbons (Fsp3) is 0.429. The quantitative estimate of drug-likeness (QED) is 0.466. The predicted octanol–water partition coefficient (Wildman–Crippen LogP) is -1.32. The fourth-order valence-corrected chi connectivity index (χ4v) is 0.939. The first-order valence-corrected chi connectivity index (χ1v) is 3.75. The highest BCUT2D eigenvalue weighted by molar-refractivity contribution is 5.74. The summed E-state index contributed by atoms with van der Waals surface area (Å²) in [4.78, 5) is 16.7. The summed E-state index contributed by atoms with van der Waals surface area (Å²) in [6.45, 7) is 0. The van der Waals surface area contributed by atoms with Crippen molar-refractivity contribution in [3.63, 3.8) is 0 Å². The Morgan fingerprint density at radius 3 is 2.85 bits per heavy atom. The minimum absolute atomic E-state index is 0.216. The highest BCUT2D eigenvalue weighted by Crippen LogP contribution is 2.13. The molecule has 0 aliphatic carbocycles. The summed E-state index contributed by atoms with van der Waals surface area (Å²) in [6.07, 6.45) is 0.235. The average molecular weight is 185 g/mol. The Bertz CT molecular complexity index is 273. The number of aliphatic hydroxyl groups excluding tert-OH is 2. The van der Waals surface area contributed by atoms with Gasteiger partial charge in [0.05, 0.1) is 12.5 Å². The molecule has 72 valence electrons. The van der Waals surface area contributed by atoms with Gasteiger partial charge in [0.2, 0.25) is 5.91 Å². The minimum Gasteiger partial charge on any atom is -0.389 e. The van der Waals surface area contributed by atoms with Crippen LogP contribution in [0.4, 0.5) is 0 Å². The number of hydrogen-bond acceptors (Lipinski definition) is 4. The Labute approximate surface area is 74.4 Å². The second-order valence-electron chi connectivity index (χ2n) is 2.66. The van der Waals surface area contributed by atoms with Crippen LogP contribution in [0.2, 0.25) is 0 Å². The summed E-state index contributed by atoms with van der Waals surface area (Å²) in [5, 5.41) is 18.6. The highest BCUT2D eigenvalue weighted by Gasteiger charge is 2.21. The van der Waals surface area contributed by atoms with E-state index in [-0.39, 0.29) is 12.2 Å². The molecule has 2 unspecified atom stereocenters. The van der Waals surface area contributed by atoms with E-state index in [1.807, 2.05) is 0 Å². The van der Waals surface area contributed by atoms with Gasteiger partial charge >= 0.3 is 0 Å². The van der Waals surface area contributed by atoms with Crippen LogP contribution in [0.3, 0.4) is 0 Å². The second-order valence-corrected chi connectivity index (χ2v) is 2.66. The Kier molecular flexibility index (Phi) is 2.99. The molecule has 0 aromatic carbocycles. The summed E-state index contributed by atoms with van der Waals surface area (Å²) in [7, 11) is 0. The van der Waals surface area contributed by atoms with Gasteiger partial charge in [-0.2, -0.15) is 0 Å². The fourth-order valence-electron chi connectivity index (χ4n) is 0.939. The third kappa shape index (κ3) is 2.53. The zero-order valence-electron chi connectivity index (χ0n) is 6.84. The van der Waals surface area contributed by atoms with Crippen molar-refractivity contribution in [3.05, 3.63) is 18.2 Å². The molecule has 0 saturated heterocycles. The highest BCUT2D eigenvalue weighted by atomic mass is 16.3. The number of aromatic amines is 1. The van der Waals surface area contributed by atoms with Crippen molar-refractivity contribution in [2.75, 3.05) is 0 Å². The number of imidazole rings is 1. The largest absolute Gasteiger partial charge is 0.389 e. The van der Waals surface area contributed by atoms with Gasteiger partial charge in [0.15, 0.2) is 0 Å². The summed E-state index contributed by atoms with van der Waals surface area (Å²) >= 11 is 0. The molecular weight excluding hydrogens is 174 g/mol. The Morgan fingerprint density at radius 2 is 2.38 bits per heavy atom. The molecule has 1 aromatic heterocycles. The van der Waals surface area contributed by atoms with Crippen LogP contribution in [-0.2, 0) is 4.79 Å². The van der Waals surface area contributed by atoms with Gasteiger partial charge in [-0.25, -0.2) is 4.98 Å². The molecule has 6 heteroatoms. The summed E-state index contributed by atoms with van der Waals surface area (Å²) in [5.41, 5.74) is 4.84. The molecule has 0 radical (unpaired) electrons. The number of H-pyrrole nitrogens is 1. The molecule has 0 fully saturated rings. The predicted molar refractivity (Wildman–Crippen MR) is 43.4 cm³/mol. The van der Waals surface area contributed by atoms with Gasteiger partial charge < -0.3 is 20.9 Å². The van der Waals surface area contributed by atoms with Gasteiger partial charge in [0.1, 0.15) is 11.9 Å². The lowest BCUT2D eigenvalue weighted by Gasteiger charge is -2.13. The van der Waals surface area contributed by atoms with Crippen molar-refractivity contribution in [3.8, 4) is 0 Å². The Hall–Kier alpha value is -1.40. The molecule has 6 nitrogen and oxygen atoms in total. The molecule has 0 aliphatic heterocycles. The number of carbonyl (C=O) groups is 1. The molecular formula is C7H11N3O3. The molecule has 0 spiro atoms. The topological polar surface area (TPSA) is 112 Å². The van der Waals surface area contributed by atoms with E-state index >= 15 is 0 Å². The number of carbonyl (C=O) groups excluding carboxylic acids is 1. The first-order chi connectivity index (χ1) is 6.11. The normalized spacial score (nSPS) is 15.2. The SMILES string of the molecule is NC(=O)CC(O)C(O)c1ncc[nH]1. The molecule has 0 bridgehead atoms. The van der Waals surface area contributed by atoms with Crippen molar-refractivity contribution in [1.82, 2.24) is 9.97 Å². The Morgan fingerprint density at radius 1 is 1.69 bits per heavy atom. The number of aliphatic hydroxyl groups is 2. The van der Waals surface area contributed by atoms with Crippen LogP contribution in [0.5, 0.6) is 0 Å². The van der Waals surface area contributed by atoms with E-state index in [2.05, 4.69) is 9.97 Å². The lowest BCUT2D eigenvalue weighted by molar-refractivity contribution is -0.121. The number of hydrogen-bond donors (Lipinski definition) is 4. The molecule has 5 N–H and O–H groups in total. The molecule has 0 aliphatic rings. The zero-order valence-corrected chi connectivity index (χ0v) is 6.84.